The summed E-state index contributed by atoms with van der Waals surface area (Å²) in [4.78, 5) is 13.4. The molecule has 0 aliphatic heterocycles. The van der Waals surface area contributed by atoms with Gasteiger partial charge in [0, 0.05) is 20.0 Å². The van der Waals surface area contributed by atoms with E-state index in [4.69, 9.17) is 4.55 Å². The highest BCUT2D eigenvalue weighted by atomic mass is 32.2. The molecule has 0 bridgehead atoms. The maximum absolute atomic E-state index is 11.8. The molecular formula is C21H43NO3S. The molecule has 1 atom stereocenters. The Morgan fingerprint density at radius 1 is 0.769 bits per heavy atom. The molecular weight excluding hydrogens is 346 g/mol. The van der Waals surface area contributed by atoms with Crippen molar-refractivity contribution < 1.29 is 13.6 Å². The lowest BCUT2D eigenvalue weighted by Gasteiger charge is -2.15. The van der Waals surface area contributed by atoms with Crippen LogP contribution >= 0.6 is 0 Å². The van der Waals surface area contributed by atoms with Crippen LogP contribution in [0.1, 0.15) is 110 Å². The molecule has 0 aromatic heterocycles. The van der Waals surface area contributed by atoms with E-state index in [2.05, 4.69) is 6.92 Å². The highest BCUT2D eigenvalue weighted by molar-refractivity contribution is 7.79. The summed E-state index contributed by atoms with van der Waals surface area (Å²) in [5.74, 6) is 0.228. The summed E-state index contributed by atoms with van der Waals surface area (Å²) in [6.07, 6.45) is 20.4. The third-order valence-electron chi connectivity index (χ3n) is 5.02. The van der Waals surface area contributed by atoms with Gasteiger partial charge in [-0.15, -0.1) is 0 Å². The predicted molar refractivity (Wildman–Crippen MR) is 113 cm³/mol. The molecule has 156 valence electrons. The standard InChI is InChI=1S/C21H43NO3S/c1-3-4-5-6-7-8-9-10-11-12-13-14-15-16-17-18-21(23)22(2)19-20-26(24)25/h3-20H2,1-2H3,(H,24,25). The van der Waals surface area contributed by atoms with Crippen molar-refractivity contribution in [1.29, 1.82) is 0 Å². The van der Waals surface area contributed by atoms with Crippen molar-refractivity contribution >= 4 is 17.0 Å². The highest BCUT2D eigenvalue weighted by Crippen LogP contribution is 2.13. The van der Waals surface area contributed by atoms with Crippen LogP contribution in [0.4, 0.5) is 0 Å². The Bertz CT molecular complexity index is 350. The molecule has 0 rings (SSSR count). The van der Waals surface area contributed by atoms with Gasteiger partial charge < -0.3 is 9.45 Å². The quantitative estimate of drug-likeness (QED) is 0.220. The minimum Gasteiger partial charge on any atom is -0.345 e. The van der Waals surface area contributed by atoms with Gasteiger partial charge in [0.15, 0.2) is 11.1 Å². The maximum Gasteiger partial charge on any atom is 0.222 e. The van der Waals surface area contributed by atoms with E-state index in [9.17, 15) is 9.00 Å². The first kappa shape index (κ1) is 25.6. The van der Waals surface area contributed by atoms with Gasteiger partial charge >= 0.3 is 0 Å². The molecule has 0 aromatic carbocycles. The fourth-order valence-corrected chi connectivity index (χ4v) is 3.61. The Hall–Kier alpha value is -0.420. The van der Waals surface area contributed by atoms with Crippen molar-refractivity contribution in [3.63, 3.8) is 0 Å². The summed E-state index contributed by atoms with van der Waals surface area (Å²) in [7, 11) is 1.71. The number of carbonyl (C=O) groups excluding carboxylic acids is 1. The predicted octanol–water partition coefficient (Wildman–Crippen LogP) is 5.93. The molecule has 0 saturated heterocycles. The molecule has 0 spiro atoms. The van der Waals surface area contributed by atoms with E-state index in [0.717, 1.165) is 12.8 Å². The fraction of sp³-hybridized carbons (Fsp3) is 0.952. The first-order valence-corrected chi connectivity index (χ1v) is 12.2. The Kier molecular flexibility index (Phi) is 19.0. The van der Waals surface area contributed by atoms with Crippen molar-refractivity contribution in [2.75, 3.05) is 19.3 Å². The Labute approximate surface area is 164 Å². The van der Waals surface area contributed by atoms with Crippen LogP contribution in [-0.2, 0) is 15.9 Å². The van der Waals surface area contributed by atoms with E-state index in [0.29, 0.717) is 13.0 Å². The molecule has 0 aliphatic rings. The summed E-state index contributed by atoms with van der Waals surface area (Å²) in [5, 5.41) is 0. The van der Waals surface area contributed by atoms with Gasteiger partial charge in [-0.05, 0) is 6.42 Å². The zero-order valence-corrected chi connectivity index (χ0v) is 18.2. The van der Waals surface area contributed by atoms with Crippen molar-refractivity contribution in [2.24, 2.45) is 0 Å². The number of carbonyl (C=O) groups is 1. The smallest absolute Gasteiger partial charge is 0.222 e. The molecule has 1 amide bonds. The molecule has 1 N–H and O–H groups in total. The molecule has 0 heterocycles. The van der Waals surface area contributed by atoms with Crippen LogP contribution in [0.5, 0.6) is 0 Å². The lowest BCUT2D eigenvalue weighted by molar-refractivity contribution is -0.129. The van der Waals surface area contributed by atoms with Crippen LogP contribution in [0, 0.1) is 0 Å². The normalized spacial score (nSPS) is 12.3. The van der Waals surface area contributed by atoms with Gasteiger partial charge in [-0.1, -0.05) is 96.8 Å². The lowest BCUT2D eigenvalue weighted by Crippen LogP contribution is -2.30. The topological polar surface area (TPSA) is 57.6 Å². The van der Waals surface area contributed by atoms with E-state index < -0.39 is 11.1 Å². The molecule has 26 heavy (non-hydrogen) atoms. The first-order chi connectivity index (χ1) is 12.6. The number of hydrogen-bond acceptors (Lipinski definition) is 2. The Balaban J connectivity index is 3.24. The number of unbranched alkanes of at least 4 members (excludes halogenated alkanes) is 14. The van der Waals surface area contributed by atoms with Gasteiger partial charge in [0.25, 0.3) is 0 Å². The summed E-state index contributed by atoms with van der Waals surface area (Å²) in [6, 6.07) is 0. The summed E-state index contributed by atoms with van der Waals surface area (Å²) < 4.78 is 19.3. The van der Waals surface area contributed by atoms with Gasteiger partial charge in [-0.2, -0.15) is 0 Å². The second kappa shape index (κ2) is 19.3. The maximum atomic E-state index is 11.8. The molecule has 5 heteroatoms. The van der Waals surface area contributed by atoms with Gasteiger partial charge in [0.05, 0.1) is 5.75 Å². The number of nitrogens with zero attached hydrogens (tertiary/aromatic N) is 1. The molecule has 0 aromatic rings. The van der Waals surface area contributed by atoms with Crippen molar-refractivity contribution in [3.05, 3.63) is 0 Å². The SMILES string of the molecule is CCCCCCCCCCCCCCCCCC(=O)N(C)CCS(=O)O. The van der Waals surface area contributed by atoms with E-state index in [1.54, 1.807) is 11.9 Å². The summed E-state index contributed by atoms with van der Waals surface area (Å²) >= 11 is -1.81. The van der Waals surface area contributed by atoms with E-state index in [1.165, 1.54) is 83.5 Å². The van der Waals surface area contributed by atoms with Crippen LogP contribution in [0.2, 0.25) is 0 Å². The highest BCUT2D eigenvalue weighted by Gasteiger charge is 2.08. The zero-order chi connectivity index (χ0) is 19.5. The van der Waals surface area contributed by atoms with Crippen LogP contribution in [0.15, 0.2) is 0 Å². The third-order valence-corrected chi connectivity index (χ3v) is 5.55. The van der Waals surface area contributed by atoms with Gasteiger partial charge in [0.1, 0.15) is 0 Å². The molecule has 4 nitrogen and oxygen atoms in total. The number of amides is 1. The third kappa shape index (κ3) is 18.4. The monoisotopic (exact) mass is 389 g/mol. The average Bonchev–Trinajstić information content (AvgIpc) is 2.62. The average molecular weight is 390 g/mol. The van der Waals surface area contributed by atoms with Crippen molar-refractivity contribution in [3.8, 4) is 0 Å². The zero-order valence-electron chi connectivity index (χ0n) is 17.3. The van der Waals surface area contributed by atoms with Gasteiger partial charge in [0.2, 0.25) is 5.91 Å². The summed E-state index contributed by atoms with van der Waals surface area (Å²) in [6.45, 7) is 2.63. The molecule has 0 radical (unpaired) electrons. The van der Waals surface area contributed by atoms with E-state index in [-0.39, 0.29) is 11.7 Å². The van der Waals surface area contributed by atoms with Crippen LogP contribution in [0.25, 0.3) is 0 Å². The van der Waals surface area contributed by atoms with E-state index >= 15 is 0 Å². The minimum atomic E-state index is -1.81. The second-order valence-corrected chi connectivity index (χ2v) is 8.59. The second-order valence-electron chi connectivity index (χ2n) is 7.54. The van der Waals surface area contributed by atoms with Gasteiger partial charge in [-0.3, -0.25) is 4.79 Å². The number of hydrogen-bond donors (Lipinski definition) is 1. The molecule has 0 aliphatic carbocycles. The van der Waals surface area contributed by atoms with Crippen molar-refractivity contribution in [2.45, 2.75) is 110 Å². The molecule has 0 fully saturated rings. The molecule has 1 unspecified atom stereocenters. The largest absolute Gasteiger partial charge is 0.345 e. The van der Waals surface area contributed by atoms with Crippen LogP contribution < -0.4 is 0 Å². The van der Waals surface area contributed by atoms with Crippen molar-refractivity contribution in [1.82, 2.24) is 4.90 Å². The van der Waals surface area contributed by atoms with E-state index in [1.807, 2.05) is 0 Å². The van der Waals surface area contributed by atoms with Crippen LogP contribution in [-0.4, -0.2) is 38.9 Å². The summed E-state index contributed by atoms with van der Waals surface area (Å²) in [5.41, 5.74) is 0. The Morgan fingerprint density at radius 2 is 1.15 bits per heavy atom. The minimum absolute atomic E-state index is 0.0881. The van der Waals surface area contributed by atoms with Gasteiger partial charge in [-0.25, -0.2) is 4.21 Å². The number of rotatable bonds is 19. The van der Waals surface area contributed by atoms with Crippen LogP contribution in [0.3, 0.4) is 0 Å². The Morgan fingerprint density at radius 3 is 1.54 bits per heavy atom. The fourth-order valence-electron chi connectivity index (χ4n) is 3.18. The lowest BCUT2D eigenvalue weighted by atomic mass is 10.0. The molecule has 0 saturated carbocycles. The first-order valence-electron chi connectivity index (χ1n) is 10.9.